The minimum Gasteiger partial charge on any atom is -0.494 e. The molecule has 3 aromatic rings. The van der Waals surface area contributed by atoms with E-state index < -0.39 is 0 Å². The van der Waals surface area contributed by atoms with E-state index in [4.69, 9.17) is 4.74 Å². The Bertz CT molecular complexity index is 1060. The molecule has 0 radical (unpaired) electrons. The highest BCUT2D eigenvalue weighted by Gasteiger charge is 2.12. The molecule has 2 aromatic carbocycles. The zero-order valence-corrected chi connectivity index (χ0v) is 17.1. The van der Waals surface area contributed by atoms with Crippen molar-refractivity contribution in [1.82, 2.24) is 9.47 Å². The average molecular weight is 393 g/mol. The summed E-state index contributed by atoms with van der Waals surface area (Å²) in [6, 6.07) is 14.8. The van der Waals surface area contributed by atoms with Crippen LogP contribution in [-0.2, 0) is 17.8 Å². The number of rotatable bonds is 8. The highest BCUT2D eigenvalue weighted by atomic mass is 16.5. The number of carbonyl (C=O) groups excluding carboxylic acids is 1. The Labute approximate surface area is 170 Å². The summed E-state index contributed by atoms with van der Waals surface area (Å²) in [5.41, 5.74) is 1.42. The van der Waals surface area contributed by atoms with Crippen LogP contribution >= 0.6 is 0 Å². The first kappa shape index (κ1) is 20.6. The molecule has 0 aliphatic heterocycles. The number of amides is 1. The second-order valence-corrected chi connectivity index (χ2v) is 7.15. The lowest BCUT2D eigenvalue weighted by Crippen LogP contribution is -2.26. The first-order valence-electron chi connectivity index (χ1n) is 9.77. The second kappa shape index (κ2) is 9.39. The van der Waals surface area contributed by atoms with Crippen molar-refractivity contribution in [3.63, 3.8) is 0 Å². The van der Waals surface area contributed by atoms with Gasteiger partial charge < -0.3 is 19.5 Å². The van der Waals surface area contributed by atoms with Crippen molar-refractivity contribution in [3.05, 3.63) is 70.6 Å². The fourth-order valence-corrected chi connectivity index (χ4v) is 3.22. The molecular formula is C23H27N3O3. The van der Waals surface area contributed by atoms with Gasteiger partial charge in [0.25, 0.3) is 5.56 Å². The number of carbonyl (C=O) groups is 1. The molecule has 0 fully saturated rings. The molecule has 1 amide bonds. The van der Waals surface area contributed by atoms with E-state index in [-0.39, 0.29) is 17.9 Å². The van der Waals surface area contributed by atoms with Crippen LogP contribution in [0.1, 0.15) is 12.5 Å². The summed E-state index contributed by atoms with van der Waals surface area (Å²) >= 11 is 0. The molecule has 6 heteroatoms. The first-order valence-corrected chi connectivity index (χ1v) is 9.77. The van der Waals surface area contributed by atoms with Crippen molar-refractivity contribution in [2.24, 2.45) is 0 Å². The lowest BCUT2D eigenvalue weighted by molar-refractivity contribution is -0.115. The number of fused-ring (bicyclic) bond motifs is 1. The number of benzene rings is 2. The number of likely N-dealkylation sites (N-methyl/N-ethyl adjacent to an activating group) is 1. The minimum absolute atomic E-state index is 0.0536. The zero-order valence-electron chi connectivity index (χ0n) is 17.1. The monoisotopic (exact) mass is 393 g/mol. The number of hydrogen-bond donors (Lipinski definition) is 1. The highest BCUT2D eigenvalue weighted by molar-refractivity contribution is 6.02. The maximum Gasteiger partial charge on any atom is 0.258 e. The third-order valence-electron chi connectivity index (χ3n) is 4.70. The number of pyridine rings is 1. The Morgan fingerprint density at radius 2 is 1.86 bits per heavy atom. The van der Waals surface area contributed by atoms with E-state index in [0.29, 0.717) is 30.0 Å². The number of para-hydroxylation sites is 1. The molecular weight excluding hydrogens is 366 g/mol. The molecule has 0 saturated heterocycles. The fraction of sp³-hybridized carbons (Fsp3) is 0.304. The van der Waals surface area contributed by atoms with Gasteiger partial charge in [0.2, 0.25) is 5.91 Å². The Morgan fingerprint density at radius 1 is 1.07 bits per heavy atom. The van der Waals surface area contributed by atoms with E-state index in [0.717, 1.165) is 17.5 Å². The predicted octanol–water partition coefficient (Wildman–Crippen LogP) is 3.14. The quantitative estimate of drug-likeness (QED) is 0.639. The number of aromatic nitrogens is 1. The average Bonchev–Trinajstić information content (AvgIpc) is 2.69. The van der Waals surface area contributed by atoms with E-state index in [9.17, 15) is 9.59 Å². The number of nitrogens with zero attached hydrogens (tertiary/aromatic N) is 2. The molecule has 6 nitrogen and oxygen atoms in total. The van der Waals surface area contributed by atoms with E-state index in [1.54, 1.807) is 22.9 Å². The minimum atomic E-state index is -0.151. The summed E-state index contributed by atoms with van der Waals surface area (Å²) < 4.78 is 7.30. The molecule has 1 aromatic heterocycles. The molecule has 0 spiro atoms. The van der Waals surface area contributed by atoms with E-state index in [2.05, 4.69) is 5.32 Å². The SMILES string of the molecule is CCOc1ccccc1CC(=O)Nc1cccc2c(=O)n(CCN(C)C)ccc12. The van der Waals surface area contributed by atoms with E-state index in [1.165, 1.54) is 0 Å². The van der Waals surface area contributed by atoms with Crippen LogP contribution in [0.5, 0.6) is 5.75 Å². The number of hydrogen-bond acceptors (Lipinski definition) is 4. The third kappa shape index (κ3) is 5.03. The van der Waals surface area contributed by atoms with Crippen LogP contribution in [0.2, 0.25) is 0 Å². The number of nitrogens with one attached hydrogen (secondary N) is 1. The molecule has 1 heterocycles. The molecule has 0 aliphatic rings. The van der Waals surface area contributed by atoms with Gasteiger partial charge in [-0.15, -0.1) is 0 Å². The van der Waals surface area contributed by atoms with Gasteiger partial charge in [-0.05, 0) is 45.3 Å². The van der Waals surface area contributed by atoms with Crippen molar-refractivity contribution >= 4 is 22.4 Å². The van der Waals surface area contributed by atoms with Gasteiger partial charge >= 0.3 is 0 Å². The van der Waals surface area contributed by atoms with Crippen LogP contribution in [0.25, 0.3) is 10.8 Å². The standard InChI is InChI=1S/C23H27N3O3/c1-4-29-21-11-6-5-8-17(21)16-22(27)24-20-10-7-9-19-18(20)12-13-26(23(19)28)15-14-25(2)3/h5-13H,4,14-16H2,1-3H3,(H,24,27). The molecule has 1 N–H and O–H groups in total. The summed E-state index contributed by atoms with van der Waals surface area (Å²) in [5, 5.41) is 4.29. The van der Waals surface area contributed by atoms with Crippen molar-refractivity contribution in [3.8, 4) is 5.75 Å². The van der Waals surface area contributed by atoms with Crippen LogP contribution in [0, 0.1) is 0 Å². The Morgan fingerprint density at radius 3 is 2.62 bits per heavy atom. The van der Waals surface area contributed by atoms with Crippen molar-refractivity contribution in [2.75, 3.05) is 32.6 Å². The van der Waals surface area contributed by atoms with Gasteiger partial charge in [0.05, 0.1) is 13.0 Å². The summed E-state index contributed by atoms with van der Waals surface area (Å²) in [6.45, 7) is 3.86. The van der Waals surface area contributed by atoms with Gasteiger partial charge in [0.1, 0.15) is 5.75 Å². The second-order valence-electron chi connectivity index (χ2n) is 7.15. The molecule has 0 atom stereocenters. The maximum atomic E-state index is 12.8. The van der Waals surface area contributed by atoms with Gasteiger partial charge in [-0.2, -0.15) is 0 Å². The predicted molar refractivity (Wildman–Crippen MR) is 117 cm³/mol. The molecule has 0 unspecified atom stereocenters. The first-order chi connectivity index (χ1) is 14.0. The molecule has 0 bridgehead atoms. The van der Waals surface area contributed by atoms with Crippen LogP contribution in [0.4, 0.5) is 5.69 Å². The largest absolute Gasteiger partial charge is 0.494 e. The van der Waals surface area contributed by atoms with E-state index >= 15 is 0 Å². The molecule has 0 aliphatic carbocycles. The highest BCUT2D eigenvalue weighted by Crippen LogP contribution is 2.23. The third-order valence-corrected chi connectivity index (χ3v) is 4.70. The van der Waals surface area contributed by atoms with Crippen LogP contribution in [-0.4, -0.2) is 42.6 Å². The topological polar surface area (TPSA) is 63.6 Å². The summed E-state index contributed by atoms with van der Waals surface area (Å²) in [7, 11) is 3.95. The molecule has 0 saturated carbocycles. The lowest BCUT2D eigenvalue weighted by atomic mass is 10.1. The summed E-state index contributed by atoms with van der Waals surface area (Å²) in [6.07, 6.45) is 1.99. The Kier molecular flexibility index (Phi) is 6.67. The summed E-state index contributed by atoms with van der Waals surface area (Å²) in [5.74, 6) is 0.563. The molecule has 29 heavy (non-hydrogen) atoms. The number of anilines is 1. The molecule has 152 valence electrons. The van der Waals surface area contributed by atoms with Crippen molar-refractivity contribution in [1.29, 1.82) is 0 Å². The Balaban J connectivity index is 1.82. The number of ether oxygens (including phenoxy) is 1. The normalized spacial score (nSPS) is 11.0. The van der Waals surface area contributed by atoms with E-state index in [1.807, 2.05) is 62.3 Å². The smallest absolute Gasteiger partial charge is 0.258 e. The van der Waals surface area contributed by atoms with Gasteiger partial charge in [0.15, 0.2) is 0 Å². The maximum absolute atomic E-state index is 12.8. The van der Waals surface area contributed by atoms with Crippen LogP contribution < -0.4 is 15.6 Å². The Hall–Kier alpha value is -3.12. The van der Waals surface area contributed by atoms with Gasteiger partial charge in [-0.1, -0.05) is 24.3 Å². The van der Waals surface area contributed by atoms with Crippen molar-refractivity contribution in [2.45, 2.75) is 19.9 Å². The van der Waals surface area contributed by atoms with Crippen LogP contribution in [0.15, 0.2) is 59.5 Å². The van der Waals surface area contributed by atoms with Crippen molar-refractivity contribution < 1.29 is 9.53 Å². The lowest BCUT2D eigenvalue weighted by Gasteiger charge is -2.14. The van der Waals surface area contributed by atoms with Gasteiger partial charge in [-0.25, -0.2) is 0 Å². The molecule has 3 rings (SSSR count). The summed E-state index contributed by atoms with van der Waals surface area (Å²) in [4.78, 5) is 27.5. The van der Waals surface area contributed by atoms with Crippen LogP contribution in [0.3, 0.4) is 0 Å². The zero-order chi connectivity index (χ0) is 20.8. The fourth-order valence-electron chi connectivity index (χ4n) is 3.22. The van der Waals surface area contributed by atoms with Gasteiger partial charge in [-0.3, -0.25) is 9.59 Å². The van der Waals surface area contributed by atoms with Gasteiger partial charge in [0, 0.05) is 41.3 Å².